The molecule has 0 bridgehead atoms. The van der Waals surface area contributed by atoms with Crippen LogP contribution >= 0.6 is 23.2 Å². The van der Waals surface area contributed by atoms with E-state index in [1.807, 2.05) is 27.6 Å². The molecule has 8 aromatic heterocycles. The van der Waals surface area contributed by atoms with E-state index in [4.69, 9.17) is 42.7 Å². The summed E-state index contributed by atoms with van der Waals surface area (Å²) in [5.41, 5.74) is 5.51. The van der Waals surface area contributed by atoms with Crippen LogP contribution in [0.3, 0.4) is 0 Å². The molecule has 0 saturated heterocycles. The van der Waals surface area contributed by atoms with E-state index in [1.54, 1.807) is 12.4 Å². The summed E-state index contributed by atoms with van der Waals surface area (Å²) in [6.45, 7) is 21.1. The number of nitriles is 1. The van der Waals surface area contributed by atoms with Gasteiger partial charge in [0.25, 0.3) is 0 Å². The molecule has 2 aliphatic carbocycles. The smallest absolute Gasteiger partial charge is 1.00 e. The van der Waals surface area contributed by atoms with Crippen LogP contribution in [0.4, 0.5) is 0 Å². The Hall–Kier alpha value is -4.48. The Morgan fingerprint density at radius 2 is 1.16 bits per heavy atom. The monoisotopic (exact) mass is 1080 g/mol. The number of hydrogen-bond acceptors (Lipinski definition) is 15. The first-order chi connectivity index (χ1) is 34.5. The molecule has 0 aliphatic heterocycles. The van der Waals surface area contributed by atoms with Crippen LogP contribution in [-0.4, -0.2) is 115 Å². The van der Waals surface area contributed by atoms with E-state index >= 15 is 0 Å². The van der Waals surface area contributed by atoms with Crippen LogP contribution in [0.2, 0.25) is 61.7 Å². The fourth-order valence-corrected chi connectivity index (χ4v) is 11.2. The summed E-state index contributed by atoms with van der Waals surface area (Å²) < 4.78 is 26.4. The number of nitrogens with zero attached hydrogens (tertiary/aromatic N) is 15. The number of hydrogen-bond donors (Lipinski definition) is 1. The Balaban J connectivity index is 0.000000209. The predicted molar refractivity (Wildman–Crippen MR) is 283 cm³/mol. The maximum atomic E-state index is 10.2. The van der Waals surface area contributed by atoms with Crippen LogP contribution in [0.25, 0.3) is 33.6 Å². The second kappa shape index (κ2) is 24.9. The molecule has 0 spiro atoms. The van der Waals surface area contributed by atoms with Crippen LogP contribution in [0, 0.1) is 23.2 Å². The van der Waals surface area contributed by atoms with E-state index < -0.39 is 16.1 Å². The van der Waals surface area contributed by atoms with Gasteiger partial charge in [0.2, 0.25) is 5.88 Å². The average molecular weight is 1080 g/mol. The first-order valence-electron chi connectivity index (χ1n) is 24.8. The maximum Gasteiger partial charge on any atom is 1.00 e. The summed E-state index contributed by atoms with van der Waals surface area (Å²) in [5, 5.41) is 37.7. The summed E-state index contributed by atoms with van der Waals surface area (Å²) >= 11 is 10.8. The molecule has 6 unspecified atom stereocenters. The van der Waals surface area contributed by atoms with Crippen molar-refractivity contribution in [2.24, 2.45) is 11.8 Å². The first kappa shape index (κ1) is 56.3. The summed E-state index contributed by atoms with van der Waals surface area (Å²) in [7, 11) is -2.22. The second-order valence-corrected chi connectivity index (χ2v) is 33.1. The van der Waals surface area contributed by atoms with Gasteiger partial charge in [0.15, 0.2) is 28.3 Å². The SMILES string of the molecule is CCC1CC(O)CC1c1nnc2cnc3c(ccn3COCC[Si](C)(C)C)n12.CCC1CC(Oc2cnc(C#N)cn2)CC1c1nnc2cnc3c(ccn3COCC[Si](C)(C)C)n12.Clc1cnc(Cl)cn1.[H-].[Na+]. The van der Waals surface area contributed by atoms with E-state index in [0.29, 0.717) is 41.5 Å². The van der Waals surface area contributed by atoms with E-state index in [2.05, 4.69) is 124 Å². The Morgan fingerprint density at radius 3 is 1.62 bits per heavy atom. The van der Waals surface area contributed by atoms with Crippen molar-refractivity contribution in [3.63, 3.8) is 0 Å². The van der Waals surface area contributed by atoms with E-state index in [0.717, 1.165) is 109 Å². The van der Waals surface area contributed by atoms with Crippen LogP contribution < -0.4 is 34.3 Å². The zero-order valence-corrected chi connectivity index (χ0v) is 48.9. The summed E-state index contributed by atoms with van der Waals surface area (Å²) in [5.74, 6) is 3.61. The van der Waals surface area contributed by atoms with Crippen molar-refractivity contribution in [2.75, 3.05) is 13.2 Å². The van der Waals surface area contributed by atoms with Gasteiger partial charge in [-0.15, -0.1) is 20.4 Å². The van der Waals surface area contributed by atoms with Gasteiger partial charge in [-0.05, 0) is 61.7 Å². The minimum Gasteiger partial charge on any atom is -1.00 e. The molecular weight excluding hydrogens is 1010 g/mol. The zero-order chi connectivity index (χ0) is 51.2. The molecule has 19 nitrogen and oxygen atoms in total. The van der Waals surface area contributed by atoms with Gasteiger partial charge in [0, 0.05) is 53.6 Å². The molecule has 0 radical (unpaired) electrons. The third-order valence-corrected chi connectivity index (χ3v) is 17.2. The number of aliphatic hydroxyl groups excluding tert-OH is 1. The zero-order valence-electron chi connectivity index (χ0n) is 44.4. The first-order valence-corrected chi connectivity index (χ1v) is 32.9. The van der Waals surface area contributed by atoms with Crippen molar-refractivity contribution in [2.45, 2.75) is 141 Å². The third kappa shape index (κ3) is 14.1. The Labute approximate surface area is 461 Å². The van der Waals surface area contributed by atoms with Crippen LogP contribution in [0.5, 0.6) is 5.88 Å². The van der Waals surface area contributed by atoms with Gasteiger partial charge in [-0.25, -0.2) is 29.9 Å². The average Bonchev–Trinajstić information content (AvgIpc) is 4.22. The fraction of sp³-hybridized carbons (Fsp3) is 0.531. The normalized spacial score (nSPS) is 19.9. The van der Waals surface area contributed by atoms with Crippen LogP contribution in [-0.2, 0) is 22.9 Å². The van der Waals surface area contributed by atoms with Gasteiger partial charge in [-0.3, -0.25) is 8.80 Å². The van der Waals surface area contributed by atoms with Gasteiger partial charge < -0.3 is 29.9 Å². The number of fused-ring (bicyclic) bond motifs is 6. The number of aliphatic hydroxyl groups is 1. The van der Waals surface area contributed by atoms with Gasteiger partial charge in [0.1, 0.15) is 47.6 Å². The third-order valence-electron chi connectivity index (χ3n) is 13.4. The quantitative estimate of drug-likeness (QED) is 0.0764. The number of rotatable bonds is 16. The molecule has 73 heavy (non-hydrogen) atoms. The van der Waals surface area contributed by atoms with Gasteiger partial charge in [0.05, 0.1) is 54.3 Å². The Kier molecular flexibility index (Phi) is 19.2. The summed E-state index contributed by atoms with van der Waals surface area (Å²) in [4.78, 5) is 24.9. The number of halogens is 2. The molecule has 6 atom stereocenters. The number of aromatic nitrogens is 14. The molecular formula is C49H66Cl2N15NaO4Si2. The van der Waals surface area contributed by atoms with E-state index in [1.165, 1.54) is 24.8 Å². The molecule has 2 aliphatic rings. The molecule has 1 N–H and O–H groups in total. The van der Waals surface area contributed by atoms with Gasteiger partial charge in [-0.2, -0.15) is 5.26 Å². The second-order valence-electron chi connectivity index (χ2n) is 21.1. The van der Waals surface area contributed by atoms with Crippen LogP contribution in [0.1, 0.15) is 83.0 Å². The van der Waals surface area contributed by atoms with Crippen LogP contribution in [0.15, 0.2) is 61.7 Å². The van der Waals surface area contributed by atoms with Crippen molar-refractivity contribution in [3.05, 3.63) is 89.4 Å². The molecule has 24 heteroatoms. The molecule has 8 aromatic rings. The van der Waals surface area contributed by atoms with Gasteiger partial charge in [-0.1, -0.05) is 89.2 Å². The molecule has 384 valence electrons. The largest absolute Gasteiger partial charge is 1.00 e. The van der Waals surface area contributed by atoms with Crippen molar-refractivity contribution in [1.82, 2.24) is 68.2 Å². The molecule has 2 fully saturated rings. The van der Waals surface area contributed by atoms with Crippen molar-refractivity contribution >= 4 is 73.0 Å². The standard InChI is InChI=1S/C25H32N8O2Si.C20H31N5O2Si.C4H2Cl2N2.Na.H/c1-5-17-10-19(35-23-15-27-18(12-26)13-28-23)11-20(17)24-31-30-22-14-29-25-21(33(22)24)6-7-32(25)16-34-8-9-36(2,3)4;1-5-14-10-15(26)11-16(14)19-23-22-18-12-21-20-17(25(18)19)6-7-24(20)13-27-8-9-28(2,3)4;5-3-1-7-4(6)2-8-3;;/h6-7,13-15,17,19-20H,5,8-11,16H2,1-4H3;6-7,12,14-16,26H,5,8-11,13H2,1-4H3;1-2H;;/q;;;+1;-1. The minimum absolute atomic E-state index is 0. The number of ether oxygens (including phenoxy) is 3. The Morgan fingerprint density at radius 1 is 0.658 bits per heavy atom. The topological polar surface area (TPSA) is 219 Å². The fourth-order valence-electron chi connectivity index (χ4n) is 9.53. The molecule has 2 saturated carbocycles. The van der Waals surface area contributed by atoms with Crippen molar-refractivity contribution < 1.29 is 50.3 Å². The Bertz CT molecular complexity index is 3090. The van der Waals surface area contributed by atoms with Crippen molar-refractivity contribution in [1.29, 1.82) is 5.26 Å². The minimum atomic E-state index is -1.13. The molecule has 0 amide bonds. The molecule has 10 rings (SSSR count). The van der Waals surface area contributed by atoms with Gasteiger partial charge >= 0.3 is 29.6 Å². The summed E-state index contributed by atoms with van der Waals surface area (Å²) in [6, 6.07) is 8.41. The maximum absolute atomic E-state index is 10.2. The van der Waals surface area contributed by atoms with Crippen molar-refractivity contribution in [3.8, 4) is 11.9 Å². The molecule has 8 heterocycles. The van der Waals surface area contributed by atoms with E-state index in [-0.39, 0.29) is 60.7 Å². The molecule has 0 aromatic carbocycles. The predicted octanol–water partition coefficient (Wildman–Crippen LogP) is 6.96. The van der Waals surface area contributed by atoms with E-state index in [9.17, 15) is 5.11 Å². The summed E-state index contributed by atoms with van der Waals surface area (Å²) in [6.07, 6.45) is 18.5.